The van der Waals surface area contributed by atoms with E-state index in [1.807, 2.05) is 48.2 Å². The molecule has 1 aliphatic heterocycles. The van der Waals surface area contributed by atoms with E-state index in [9.17, 15) is 14.4 Å². The number of aryl methyl sites for hydroxylation is 1. The maximum atomic E-state index is 13.9. The van der Waals surface area contributed by atoms with Gasteiger partial charge in [0.25, 0.3) is 5.91 Å². The zero-order chi connectivity index (χ0) is 31.0. The summed E-state index contributed by atoms with van der Waals surface area (Å²) in [6, 6.07) is 15.1. The molecule has 8 nitrogen and oxygen atoms in total. The molecule has 1 amide bonds. The number of nitriles is 1. The molecule has 4 aromatic rings. The predicted octanol–water partition coefficient (Wildman–Crippen LogP) is 6.09. The lowest BCUT2D eigenvalue weighted by Crippen LogP contribution is -2.52. The van der Waals surface area contributed by atoms with Gasteiger partial charge in [0.1, 0.15) is 29.2 Å². The summed E-state index contributed by atoms with van der Waals surface area (Å²) in [6.07, 6.45) is 7.69. The number of nitrogens with zero attached hydrogens (tertiary/aromatic N) is 4. The van der Waals surface area contributed by atoms with Crippen molar-refractivity contribution in [1.29, 1.82) is 5.26 Å². The van der Waals surface area contributed by atoms with Crippen molar-refractivity contribution in [3.05, 3.63) is 113 Å². The molecule has 2 atom stereocenters. The summed E-state index contributed by atoms with van der Waals surface area (Å²) >= 11 is 7.33. The number of nitrogens with one attached hydrogen (secondary N) is 1. The Morgan fingerprint density at radius 2 is 2.14 bits per heavy atom. The number of pyridine rings is 1. The van der Waals surface area contributed by atoms with Crippen LogP contribution in [0.15, 0.2) is 77.9 Å². The van der Waals surface area contributed by atoms with Crippen molar-refractivity contribution < 1.29 is 18.3 Å². The van der Waals surface area contributed by atoms with Crippen molar-refractivity contribution in [1.82, 2.24) is 20.2 Å². The minimum atomic E-state index is -1.47. The van der Waals surface area contributed by atoms with Gasteiger partial charge in [-0.2, -0.15) is 5.26 Å². The molecular formula is C34H29ClFN5O3. The lowest BCUT2D eigenvalue weighted by Gasteiger charge is -2.36. The molecule has 1 N–H and O–H groups in total. The second-order valence-electron chi connectivity index (χ2n) is 10.9. The highest BCUT2D eigenvalue weighted by Gasteiger charge is 2.47. The summed E-state index contributed by atoms with van der Waals surface area (Å²) in [5.41, 5.74) is 3.70. The standard InChI is InChI=1S/C34H29ClFN5O3/c1-4-22-16-38-28(14-29(22)43-3)32(42)40-34(11-7-10-26(31(34)35)25-9-6-5-8-20(25)2)33-39-27-13-21(17-41-18-24(36)19-41)12-23(15-37)30(27)44-33/h4-14,16,24,31H,1,17-19H2,2-3H3,(H,40,42). The number of methoxy groups -OCH3 is 1. The van der Waals surface area contributed by atoms with Gasteiger partial charge in [-0.15, -0.1) is 11.6 Å². The van der Waals surface area contributed by atoms with E-state index in [2.05, 4.69) is 22.9 Å². The molecule has 0 saturated carbocycles. The van der Waals surface area contributed by atoms with Crippen LogP contribution in [0, 0.1) is 18.3 Å². The molecule has 0 bridgehead atoms. The first-order valence-corrected chi connectivity index (χ1v) is 14.5. The Bertz CT molecular complexity index is 1890. The number of rotatable bonds is 8. The third-order valence-electron chi connectivity index (χ3n) is 7.99. The van der Waals surface area contributed by atoms with E-state index < -0.39 is 23.0 Å². The minimum absolute atomic E-state index is 0.0907. The molecule has 222 valence electrons. The van der Waals surface area contributed by atoms with Crippen LogP contribution in [-0.4, -0.2) is 52.5 Å². The minimum Gasteiger partial charge on any atom is -0.496 e. The van der Waals surface area contributed by atoms with Crippen LogP contribution in [-0.2, 0) is 12.1 Å². The summed E-state index contributed by atoms with van der Waals surface area (Å²) in [5.74, 6) is 0.000262. The highest BCUT2D eigenvalue weighted by Crippen LogP contribution is 2.43. The van der Waals surface area contributed by atoms with Crippen LogP contribution in [0.4, 0.5) is 4.39 Å². The number of alkyl halides is 2. The maximum Gasteiger partial charge on any atom is 0.271 e. The van der Waals surface area contributed by atoms with E-state index in [0.29, 0.717) is 36.5 Å². The Hall–Kier alpha value is -4.78. The SMILES string of the molecule is C=Cc1cnc(C(=O)NC2(c3nc4cc(CN5CC(F)C5)cc(C#N)c4o3)C=CC=C(c3ccccc3C)C2Cl)cc1OC. The third-order valence-corrected chi connectivity index (χ3v) is 8.57. The lowest BCUT2D eigenvalue weighted by atomic mass is 9.81. The Morgan fingerprint density at radius 1 is 1.34 bits per heavy atom. The second kappa shape index (κ2) is 11.7. The van der Waals surface area contributed by atoms with Gasteiger partial charge in [-0.1, -0.05) is 49.1 Å². The van der Waals surface area contributed by atoms with Gasteiger partial charge in [-0.3, -0.25) is 14.7 Å². The third kappa shape index (κ3) is 5.17. The topological polar surface area (TPSA) is 104 Å². The van der Waals surface area contributed by atoms with Crippen molar-refractivity contribution in [2.24, 2.45) is 0 Å². The van der Waals surface area contributed by atoms with E-state index in [1.165, 1.54) is 19.4 Å². The summed E-state index contributed by atoms with van der Waals surface area (Å²) in [4.78, 5) is 24.9. The molecule has 0 radical (unpaired) electrons. The molecule has 2 aromatic heterocycles. The zero-order valence-electron chi connectivity index (χ0n) is 24.2. The van der Waals surface area contributed by atoms with Crippen LogP contribution >= 0.6 is 11.6 Å². The van der Waals surface area contributed by atoms with Crippen molar-refractivity contribution in [2.45, 2.75) is 30.6 Å². The van der Waals surface area contributed by atoms with Crippen molar-refractivity contribution >= 4 is 40.3 Å². The predicted molar refractivity (Wildman–Crippen MR) is 167 cm³/mol. The molecule has 10 heteroatoms. The Morgan fingerprint density at radius 3 is 2.84 bits per heavy atom. The molecule has 0 spiro atoms. The van der Waals surface area contributed by atoms with Crippen LogP contribution in [0.2, 0.25) is 0 Å². The number of aromatic nitrogens is 2. The fourth-order valence-electron chi connectivity index (χ4n) is 5.67. The molecule has 1 aliphatic carbocycles. The molecule has 3 heterocycles. The summed E-state index contributed by atoms with van der Waals surface area (Å²) in [5, 5.41) is 12.2. The normalized spacial score (nSPS) is 20.1. The molecule has 1 fully saturated rings. The first-order chi connectivity index (χ1) is 21.3. The second-order valence-corrected chi connectivity index (χ2v) is 11.3. The maximum absolute atomic E-state index is 13.9. The van der Waals surface area contributed by atoms with Crippen LogP contribution < -0.4 is 10.1 Å². The highest BCUT2D eigenvalue weighted by molar-refractivity contribution is 6.28. The Balaban J connectivity index is 1.46. The smallest absolute Gasteiger partial charge is 0.271 e. The number of halogens is 2. The number of ether oxygens (including phenoxy) is 1. The zero-order valence-corrected chi connectivity index (χ0v) is 24.9. The van der Waals surface area contributed by atoms with Gasteiger partial charge in [-0.05, 0) is 47.4 Å². The molecule has 6 rings (SSSR count). The van der Waals surface area contributed by atoms with Gasteiger partial charge in [-0.25, -0.2) is 9.37 Å². The number of benzene rings is 2. The lowest BCUT2D eigenvalue weighted by molar-refractivity contribution is 0.0591. The first-order valence-electron chi connectivity index (χ1n) is 14.0. The van der Waals surface area contributed by atoms with Gasteiger partial charge in [0.2, 0.25) is 5.89 Å². The molecule has 2 aliphatic rings. The van der Waals surface area contributed by atoms with E-state index in [-0.39, 0.29) is 22.7 Å². The monoisotopic (exact) mass is 609 g/mol. The number of hydrogen-bond acceptors (Lipinski definition) is 7. The van der Waals surface area contributed by atoms with Gasteiger partial charge in [0.05, 0.1) is 18.1 Å². The number of carbonyl (C=O) groups excluding carboxylic acids is 1. The highest BCUT2D eigenvalue weighted by atomic mass is 35.5. The number of hydrogen-bond donors (Lipinski definition) is 1. The van der Waals surface area contributed by atoms with Crippen LogP contribution in [0.5, 0.6) is 5.75 Å². The number of oxazole rings is 1. The number of amides is 1. The number of fused-ring (bicyclic) bond motifs is 1. The quantitative estimate of drug-likeness (QED) is 0.241. The molecule has 44 heavy (non-hydrogen) atoms. The van der Waals surface area contributed by atoms with Crippen LogP contribution in [0.1, 0.15) is 44.2 Å². The van der Waals surface area contributed by atoms with Gasteiger partial charge in [0.15, 0.2) is 11.1 Å². The molecular weight excluding hydrogens is 581 g/mol. The Kier molecular flexibility index (Phi) is 7.80. The van der Waals surface area contributed by atoms with Crippen molar-refractivity contribution in [3.63, 3.8) is 0 Å². The largest absolute Gasteiger partial charge is 0.496 e. The van der Waals surface area contributed by atoms with Crippen molar-refractivity contribution in [2.75, 3.05) is 20.2 Å². The molecule has 2 aromatic carbocycles. The van der Waals surface area contributed by atoms with E-state index in [4.69, 9.17) is 25.7 Å². The van der Waals surface area contributed by atoms with Crippen LogP contribution in [0.3, 0.4) is 0 Å². The summed E-state index contributed by atoms with van der Waals surface area (Å²) in [6.45, 7) is 6.91. The fraction of sp³-hybridized carbons (Fsp3) is 0.235. The Labute approximate surface area is 259 Å². The number of carbonyl (C=O) groups is 1. The summed E-state index contributed by atoms with van der Waals surface area (Å²) in [7, 11) is 1.50. The average Bonchev–Trinajstić information content (AvgIpc) is 3.46. The fourth-order valence-corrected chi connectivity index (χ4v) is 6.08. The van der Waals surface area contributed by atoms with E-state index in [0.717, 1.165) is 22.3 Å². The van der Waals surface area contributed by atoms with Crippen LogP contribution in [0.25, 0.3) is 22.7 Å². The number of allylic oxidation sites excluding steroid dienone is 2. The first kappa shape index (κ1) is 29.3. The average molecular weight is 610 g/mol. The van der Waals surface area contributed by atoms with E-state index >= 15 is 0 Å². The molecule has 1 saturated heterocycles. The molecule has 2 unspecified atom stereocenters. The van der Waals surface area contributed by atoms with E-state index in [1.54, 1.807) is 24.3 Å². The summed E-state index contributed by atoms with van der Waals surface area (Å²) < 4.78 is 25.2. The van der Waals surface area contributed by atoms with Gasteiger partial charge in [0, 0.05) is 37.5 Å². The van der Waals surface area contributed by atoms with Gasteiger partial charge < -0.3 is 14.5 Å². The number of likely N-dealkylation sites (tertiary alicyclic amines) is 1. The van der Waals surface area contributed by atoms with Crippen molar-refractivity contribution in [3.8, 4) is 11.8 Å². The van der Waals surface area contributed by atoms with Gasteiger partial charge >= 0.3 is 0 Å².